The van der Waals surface area contributed by atoms with Crippen molar-refractivity contribution in [2.75, 3.05) is 51.8 Å². The molecule has 0 aliphatic carbocycles. The molecule has 2 saturated heterocycles. The molecule has 2 rings (SSSR count). The van der Waals surface area contributed by atoms with Gasteiger partial charge in [-0.15, -0.1) is 0 Å². The monoisotopic (exact) mass is 362 g/mol. The first-order valence-electron chi connectivity index (χ1n) is 8.46. The summed E-state index contributed by atoms with van der Waals surface area (Å²) in [7, 11) is -1.19. The molecule has 0 spiro atoms. The van der Waals surface area contributed by atoms with Gasteiger partial charge in [-0.25, -0.2) is 12.7 Å². The molecule has 23 heavy (non-hydrogen) atoms. The normalized spacial score (nSPS) is 25.6. The molecule has 0 amide bonds. The van der Waals surface area contributed by atoms with Crippen LogP contribution in [-0.2, 0) is 10.0 Å². The van der Waals surface area contributed by atoms with Gasteiger partial charge in [-0.2, -0.15) is 11.8 Å². The minimum atomic E-state index is -3.03. The van der Waals surface area contributed by atoms with Crippen molar-refractivity contribution in [2.45, 2.75) is 31.4 Å². The van der Waals surface area contributed by atoms with Crippen molar-refractivity contribution in [1.29, 1.82) is 0 Å². The van der Waals surface area contributed by atoms with Gasteiger partial charge in [-0.3, -0.25) is 4.99 Å². The van der Waals surface area contributed by atoms with E-state index >= 15 is 0 Å². The van der Waals surface area contributed by atoms with Crippen LogP contribution in [0.15, 0.2) is 4.99 Å². The van der Waals surface area contributed by atoms with Gasteiger partial charge in [0.05, 0.1) is 6.26 Å². The van der Waals surface area contributed by atoms with Crippen molar-refractivity contribution < 1.29 is 8.42 Å². The molecule has 0 aromatic carbocycles. The highest BCUT2D eigenvalue weighted by Crippen LogP contribution is 2.22. The van der Waals surface area contributed by atoms with Gasteiger partial charge in [0.1, 0.15) is 0 Å². The van der Waals surface area contributed by atoms with E-state index < -0.39 is 10.0 Å². The van der Waals surface area contributed by atoms with Crippen LogP contribution in [0, 0.1) is 5.92 Å². The lowest BCUT2D eigenvalue weighted by Crippen LogP contribution is -2.49. The molecule has 2 fully saturated rings. The summed E-state index contributed by atoms with van der Waals surface area (Å²) in [4.78, 5) is 6.79. The first kappa shape index (κ1) is 18.9. The molecule has 8 heteroatoms. The second-order valence-electron chi connectivity index (χ2n) is 6.38. The minimum absolute atomic E-state index is 0.519. The summed E-state index contributed by atoms with van der Waals surface area (Å²) in [5.41, 5.74) is 0. The van der Waals surface area contributed by atoms with Gasteiger partial charge >= 0.3 is 0 Å². The second kappa shape index (κ2) is 8.58. The third-order valence-corrected chi connectivity index (χ3v) is 7.37. The second-order valence-corrected chi connectivity index (χ2v) is 9.77. The number of nitrogens with zero attached hydrogens (tertiary/aromatic N) is 3. The zero-order valence-electron chi connectivity index (χ0n) is 14.5. The third kappa shape index (κ3) is 5.53. The van der Waals surface area contributed by atoms with E-state index in [0.29, 0.717) is 24.3 Å². The van der Waals surface area contributed by atoms with Crippen molar-refractivity contribution in [3.63, 3.8) is 0 Å². The van der Waals surface area contributed by atoms with Gasteiger partial charge in [0.2, 0.25) is 10.0 Å². The van der Waals surface area contributed by atoms with Crippen LogP contribution in [0.2, 0.25) is 0 Å². The molecule has 0 radical (unpaired) electrons. The number of sulfonamides is 1. The molecule has 2 heterocycles. The fraction of sp³-hybridized carbons (Fsp3) is 0.933. The molecule has 1 N–H and O–H groups in total. The van der Waals surface area contributed by atoms with Crippen LogP contribution >= 0.6 is 11.8 Å². The largest absolute Gasteiger partial charge is 0.356 e. The SMILES string of the molecule is CCC1CN(C(=NC)NCC2CCN(S(C)(=O)=O)CC2)CCS1. The van der Waals surface area contributed by atoms with Crippen LogP contribution in [0.25, 0.3) is 0 Å². The summed E-state index contributed by atoms with van der Waals surface area (Å²) >= 11 is 2.06. The Labute approximate surface area is 145 Å². The van der Waals surface area contributed by atoms with Gasteiger partial charge < -0.3 is 10.2 Å². The Hall–Kier alpha value is -0.470. The molecule has 134 valence electrons. The van der Waals surface area contributed by atoms with Crippen molar-refractivity contribution in [3.05, 3.63) is 0 Å². The number of aliphatic imine (C=N–C) groups is 1. The number of piperidine rings is 1. The van der Waals surface area contributed by atoms with Crippen LogP contribution in [0.1, 0.15) is 26.2 Å². The first-order valence-corrected chi connectivity index (χ1v) is 11.4. The van der Waals surface area contributed by atoms with Gasteiger partial charge in [0.15, 0.2) is 5.96 Å². The summed E-state index contributed by atoms with van der Waals surface area (Å²) in [6, 6.07) is 0. The Kier molecular flexibility index (Phi) is 7.03. The van der Waals surface area contributed by atoms with Crippen molar-refractivity contribution >= 4 is 27.7 Å². The minimum Gasteiger partial charge on any atom is -0.356 e. The average Bonchev–Trinajstić information content (AvgIpc) is 2.55. The van der Waals surface area contributed by atoms with Gasteiger partial charge in [0.25, 0.3) is 0 Å². The summed E-state index contributed by atoms with van der Waals surface area (Å²) < 4.78 is 24.7. The lowest BCUT2D eigenvalue weighted by atomic mass is 9.98. The molecule has 0 aromatic heterocycles. The number of guanidine groups is 1. The zero-order chi connectivity index (χ0) is 16.9. The Morgan fingerprint density at radius 1 is 1.30 bits per heavy atom. The smallest absolute Gasteiger partial charge is 0.211 e. The van der Waals surface area contributed by atoms with Gasteiger partial charge in [-0.05, 0) is 25.2 Å². The zero-order valence-corrected chi connectivity index (χ0v) is 16.1. The number of nitrogens with one attached hydrogen (secondary N) is 1. The van der Waals surface area contributed by atoms with E-state index in [0.717, 1.165) is 44.2 Å². The number of hydrogen-bond acceptors (Lipinski definition) is 4. The highest BCUT2D eigenvalue weighted by atomic mass is 32.2. The van der Waals surface area contributed by atoms with E-state index in [9.17, 15) is 8.42 Å². The van der Waals surface area contributed by atoms with Gasteiger partial charge in [0, 0.05) is 50.8 Å². The van der Waals surface area contributed by atoms with Crippen molar-refractivity contribution in [2.24, 2.45) is 10.9 Å². The molecule has 1 atom stereocenters. The molecule has 2 aliphatic heterocycles. The molecular weight excluding hydrogens is 332 g/mol. The number of thioether (sulfide) groups is 1. The predicted octanol–water partition coefficient (Wildman–Crippen LogP) is 1.06. The van der Waals surface area contributed by atoms with Crippen LogP contribution in [0.4, 0.5) is 0 Å². The quantitative estimate of drug-likeness (QED) is 0.598. The third-order valence-electron chi connectivity index (χ3n) is 4.70. The summed E-state index contributed by atoms with van der Waals surface area (Å²) in [5.74, 6) is 2.67. The maximum atomic E-state index is 11.6. The van der Waals surface area contributed by atoms with Crippen LogP contribution in [0.3, 0.4) is 0 Å². The van der Waals surface area contributed by atoms with E-state index in [1.807, 2.05) is 7.05 Å². The van der Waals surface area contributed by atoms with E-state index in [1.165, 1.54) is 12.7 Å². The molecule has 0 aromatic rings. The predicted molar refractivity (Wildman–Crippen MR) is 98.6 cm³/mol. The standard InChI is InChI=1S/C15H30N4O2S2/c1-4-14-12-18(9-10-22-14)15(16-2)17-11-13-5-7-19(8-6-13)23(3,20)21/h13-14H,4-12H2,1-3H3,(H,16,17). The van der Waals surface area contributed by atoms with E-state index in [1.54, 1.807) is 4.31 Å². The summed E-state index contributed by atoms with van der Waals surface area (Å²) in [5, 5.41) is 4.20. The Balaban J connectivity index is 1.78. The van der Waals surface area contributed by atoms with Crippen molar-refractivity contribution in [1.82, 2.24) is 14.5 Å². The lowest BCUT2D eigenvalue weighted by Gasteiger charge is -2.35. The van der Waals surface area contributed by atoms with E-state index in [-0.39, 0.29) is 0 Å². The Morgan fingerprint density at radius 3 is 2.57 bits per heavy atom. The van der Waals surface area contributed by atoms with E-state index in [2.05, 4.69) is 33.9 Å². The van der Waals surface area contributed by atoms with Crippen LogP contribution in [-0.4, -0.2) is 80.6 Å². The molecular formula is C15H30N4O2S2. The molecule has 1 unspecified atom stereocenters. The first-order chi connectivity index (χ1) is 10.9. The maximum Gasteiger partial charge on any atom is 0.211 e. The van der Waals surface area contributed by atoms with Gasteiger partial charge in [-0.1, -0.05) is 6.92 Å². The molecule has 0 bridgehead atoms. The lowest BCUT2D eigenvalue weighted by molar-refractivity contribution is 0.272. The topological polar surface area (TPSA) is 65.0 Å². The Morgan fingerprint density at radius 2 is 2.00 bits per heavy atom. The van der Waals surface area contributed by atoms with E-state index in [4.69, 9.17) is 0 Å². The fourth-order valence-corrected chi connectivity index (χ4v) is 5.23. The summed E-state index contributed by atoms with van der Waals surface area (Å²) in [6.07, 6.45) is 4.34. The number of rotatable bonds is 4. The molecule has 6 nitrogen and oxygen atoms in total. The number of hydrogen-bond donors (Lipinski definition) is 1. The van der Waals surface area contributed by atoms with Crippen LogP contribution < -0.4 is 5.32 Å². The highest BCUT2D eigenvalue weighted by Gasteiger charge is 2.26. The fourth-order valence-electron chi connectivity index (χ4n) is 3.17. The van der Waals surface area contributed by atoms with Crippen molar-refractivity contribution in [3.8, 4) is 0 Å². The molecule has 0 saturated carbocycles. The average molecular weight is 363 g/mol. The molecule has 2 aliphatic rings. The van der Waals surface area contributed by atoms with Crippen LogP contribution in [0.5, 0.6) is 0 Å². The Bertz CT molecular complexity index is 502. The maximum absolute atomic E-state index is 11.6. The summed E-state index contributed by atoms with van der Waals surface area (Å²) in [6.45, 7) is 6.52. The highest BCUT2D eigenvalue weighted by molar-refractivity contribution is 8.00.